The first-order valence-corrected chi connectivity index (χ1v) is 9.56. The molecule has 1 fully saturated rings. The van der Waals surface area contributed by atoms with Crippen molar-refractivity contribution >= 4 is 27.2 Å². The standard InChI is InChI=1S/C15H15N7O4S/c23-22(24)12-1-3-13(4-2-12)27(25,26)20-9-7-19(8-10-20)15-6-5-14-17-16-11-21(14)18-15/h1-6,11H,7-10H2. The summed E-state index contributed by atoms with van der Waals surface area (Å²) in [5.74, 6) is 0.717. The summed E-state index contributed by atoms with van der Waals surface area (Å²) >= 11 is 0. The number of aromatic nitrogens is 4. The molecule has 3 aromatic rings. The molecule has 1 saturated heterocycles. The molecule has 0 atom stereocenters. The predicted octanol–water partition coefficient (Wildman–Crippen LogP) is 0.543. The van der Waals surface area contributed by atoms with Crippen molar-refractivity contribution in [3.63, 3.8) is 0 Å². The van der Waals surface area contributed by atoms with Gasteiger partial charge in [0.2, 0.25) is 10.0 Å². The van der Waals surface area contributed by atoms with E-state index < -0.39 is 14.9 Å². The van der Waals surface area contributed by atoms with Crippen LogP contribution in [0.4, 0.5) is 11.5 Å². The lowest BCUT2D eigenvalue weighted by molar-refractivity contribution is -0.384. The lowest BCUT2D eigenvalue weighted by atomic mass is 10.3. The Bertz CT molecular complexity index is 1090. The van der Waals surface area contributed by atoms with Gasteiger partial charge in [0, 0.05) is 38.3 Å². The molecule has 0 amide bonds. The van der Waals surface area contributed by atoms with Gasteiger partial charge >= 0.3 is 0 Å². The van der Waals surface area contributed by atoms with Crippen molar-refractivity contribution in [1.29, 1.82) is 0 Å². The normalized spacial score (nSPS) is 15.9. The topological polar surface area (TPSA) is 127 Å². The molecular formula is C15H15N7O4S. The molecule has 0 radical (unpaired) electrons. The Morgan fingerprint density at radius 2 is 1.70 bits per heavy atom. The van der Waals surface area contributed by atoms with E-state index >= 15 is 0 Å². The highest BCUT2D eigenvalue weighted by atomic mass is 32.2. The van der Waals surface area contributed by atoms with Crippen LogP contribution in [0.1, 0.15) is 0 Å². The van der Waals surface area contributed by atoms with Gasteiger partial charge in [-0.15, -0.1) is 15.3 Å². The summed E-state index contributed by atoms with van der Waals surface area (Å²) in [6.07, 6.45) is 1.51. The largest absolute Gasteiger partial charge is 0.353 e. The molecule has 27 heavy (non-hydrogen) atoms. The maximum Gasteiger partial charge on any atom is 0.269 e. The second kappa shape index (κ2) is 6.55. The molecule has 1 aromatic carbocycles. The van der Waals surface area contributed by atoms with E-state index in [1.165, 1.54) is 34.9 Å². The van der Waals surface area contributed by atoms with Crippen LogP contribution in [0.25, 0.3) is 5.65 Å². The quantitative estimate of drug-likeness (QED) is 0.467. The van der Waals surface area contributed by atoms with E-state index in [1.54, 1.807) is 10.6 Å². The molecule has 0 spiro atoms. The van der Waals surface area contributed by atoms with Gasteiger partial charge in [-0.1, -0.05) is 0 Å². The zero-order chi connectivity index (χ0) is 19.0. The highest BCUT2D eigenvalue weighted by molar-refractivity contribution is 7.89. The van der Waals surface area contributed by atoms with Gasteiger partial charge in [0.05, 0.1) is 9.82 Å². The van der Waals surface area contributed by atoms with Gasteiger partial charge in [-0.05, 0) is 24.3 Å². The van der Waals surface area contributed by atoms with E-state index in [4.69, 9.17) is 0 Å². The van der Waals surface area contributed by atoms with Crippen molar-refractivity contribution in [2.45, 2.75) is 4.90 Å². The molecule has 0 N–H and O–H groups in total. The van der Waals surface area contributed by atoms with Gasteiger partial charge in [0.15, 0.2) is 5.65 Å². The number of nitro benzene ring substituents is 1. The Hall–Kier alpha value is -3.12. The molecular weight excluding hydrogens is 374 g/mol. The Kier molecular flexibility index (Phi) is 4.20. The number of fused-ring (bicyclic) bond motifs is 1. The van der Waals surface area contributed by atoms with Crippen LogP contribution in [0.3, 0.4) is 0 Å². The van der Waals surface area contributed by atoms with Crippen LogP contribution in [0.2, 0.25) is 0 Å². The molecule has 0 saturated carbocycles. The molecule has 2 aromatic heterocycles. The van der Waals surface area contributed by atoms with E-state index in [9.17, 15) is 18.5 Å². The van der Waals surface area contributed by atoms with Crippen LogP contribution in [0.5, 0.6) is 0 Å². The third-order valence-electron chi connectivity index (χ3n) is 4.40. The van der Waals surface area contributed by atoms with Crippen LogP contribution in [-0.4, -0.2) is 63.6 Å². The van der Waals surface area contributed by atoms with E-state index in [0.717, 1.165) is 5.82 Å². The van der Waals surface area contributed by atoms with Crippen LogP contribution >= 0.6 is 0 Å². The van der Waals surface area contributed by atoms with Gasteiger partial charge in [-0.2, -0.15) is 8.82 Å². The molecule has 140 valence electrons. The predicted molar refractivity (Wildman–Crippen MR) is 94.9 cm³/mol. The van der Waals surface area contributed by atoms with Crippen molar-refractivity contribution in [3.05, 3.63) is 52.8 Å². The Morgan fingerprint density at radius 1 is 1.00 bits per heavy atom. The Balaban J connectivity index is 1.48. The smallest absolute Gasteiger partial charge is 0.269 e. The molecule has 11 nitrogen and oxygen atoms in total. The lowest BCUT2D eigenvalue weighted by Crippen LogP contribution is -2.49. The van der Waals surface area contributed by atoms with Gasteiger partial charge in [-0.25, -0.2) is 8.42 Å². The first kappa shape index (κ1) is 17.3. The molecule has 3 heterocycles. The van der Waals surface area contributed by atoms with Gasteiger partial charge in [0.25, 0.3) is 5.69 Å². The van der Waals surface area contributed by atoms with E-state index in [0.29, 0.717) is 31.8 Å². The first-order valence-electron chi connectivity index (χ1n) is 8.12. The number of hydrogen-bond acceptors (Lipinski definition) is 8. The zero-order valence-corrected chi connectivity index (χ0v) is 14.9. The minimum Gasteiger partial charge on any atom is -0.353 e. The molecule has 0 aliphatic carbocycles. The highest BCUT2D eigenvalue weighted by Crippen LogP contribution is 2.22. The number of nitro groups is 1. The maximum atomic E-state index is 12.8. The average Bonchev–Trinajstić information content (AvgIpc) is 3.16. The summed E-state index contributed by atoms with van der Waals surface area (Å²) in [7, 11) is -3.70. The van der Waals surface area contributed by atoms with Crippen molar-refractivity contribution in [3.8, 4) is 0 Å². The lowest BCUT2D eigenvalue weighted by Gasteiger charge is -2.34. The number of piperazine rings is 1. The number of non-ortho nitro benzene ring substituents is 1. The molecule has 1 aliphatic heterocycles. The van der Waals surface area contributed by atoms with Crippen LogP contribution < -0.4 is 4.90 Å². The fourth-order valence-electron chi connectivity index (χ4n) is 2.93. The third-order valence-corrected chi connectivity index (χ3v) is 6.31. The summed E-state index contributed by atoms with van der Waals surface area (Å²) in [6.45, 7) is 1.54. The van der Waals surface area contributed by atoms with Crippen LogP contribution in [0.15, 0.2) is 47.6 Å². The Morgan fingerprint density at radius 3 is 2.37 bits per heavy atom. The van der Waals surface area contributed by atoms with Crippen molar-refractivity contribution in [2.24, 2.45) is 0 Å². The van der Waals surface area contributed by atoms with Crippen LogP contribution in [0, 0.1) is 10.1 Å². The Labute approximate surface area is 154 Å². The summed E-state index contributed by atoms with van der Waals surface area (Å²) < 4.78 is 28.4. The number of anilines is 1. The minimum absolute atomic E-state index is 0.0468. The molecule has 1 aliphatic rings. The van der Waals surface area contributed by atoms with E-state index in [-0.39, 0.29) is 10.6 Å². The molecule has 4 rings (SSSR count). The highest BCUT2D eigenvalue weighted by Gasteiger charge is 2.29. The SMILES string of the molecule is O=[N+]([O-])c1ccc(S(=O)(=O)N2CCN(c3ccc4nncn4n3)CC2)cc1. The van der Waals surface area contributed by atoms with Gasteiger partial charge in [-0.3, -0.25) is 10.1 Å². The van der Waals surface area contributed by atoms with Crippen molar-refractivity contribution < 1.29 is 13.3 Å². The van der Waals surface area contributed by atoms with Crippen molar-refractivity contribution in [2.75, 3.05) is 31.1 Å². The van der Waals surface area contributed by atoms with E-state index in [1.807, 2.05) is 11.0 Å². The first-order chi connectivity index (χ1) is 12.9. The molecule has 0 unspecified atom stereocenters. The fourth-order valence-corrected chi connectivity index (χ4v) is 4.36. The number of hydrogen-bond donors (Lipinski definition) is 0. The second-order valence-corrected chi connectivity index (χ2v) is 7.91. The fraction of sp³-hybridized carbons (Fsp3) is 0.267. The third kappa shape index (κ3) is 3.19. The summed E-state index contributed by atoms with van der Waals surface area (Å²) in [4.78, 5) is 12.2. The average molecular weight is 389 g/mol. The monoisotopic (exact) mass is 389 g/mol. The molecule has 12 heteroatoms. The van der Waals surface area contributed by atoms with Crippen LogP contribution in [-0.2, 0) is 10.0 Å². The number of benzene rings is 1. The summed E-state index contributed by atoms with van der Waals surface area (Å²) in [6, 6.07) is 8.55. The number of sulfonamides is 1. The maximum absolute atomic E-state index is 12.8. The number of rotatable bonds is 4. The second-order valence-electron chi connectivity index (χ2n) is 5.97. The molecule has 0 bridgehead atoms. The van der Waals surface area contributed by atoms with Gasteiger partial charge in [0.1, 0.15) is 12.1 Å². The summed E-state index contributed by atoms with van der Waals surface area (Å²) in [5.41, 5.74) is 0.493. The summed E-state index contributed by atoms with van der Waals surface area (Å²) in [5, 5.41) is 22.8. The van der Waals surface area contributed by atoms with E-state index in [2.05, 4.69) is 15.3 Å². The zero-order valence-electron chi connectivity index (χ0n) is 14.0. The van der Waals surface area contributed by atoms with Crippen molar-refractivity contribution in [1.82, 2.24) is 24.1 Å². The number of nitrogens with zero attached hydrogens (tertiary/aromatic N) is 7. The van der Waals surface area contributed by atoms with Gasteiger partial charge < -0.3 is 4.90 Å². The minimum atomic E-state index is -3.70.